The van der Waals surface area contributed by atoms with Crippen LogP contribution in [0.25, 0.3) is 0 Å². The third kappa shape index (κ3) is 9.90. The van der Waals surface area contributed by atoms with Crippen molar-refractivity contribution in [3.05, 3.63) is 60.7 Å². The highest BCUT2D eigenvalue weighted by Crippen LogP contribution is 2.13. The zero-order chi connectivity index (χ0) is 24.6. The molecule has 0 saturated carbocycles. The highest BCUT2D eigenvalue weighted by atomic mass is 32.3. The molecule has 178 valence electrons. The normalized spacial score (nSPS) is 13.1. The molecular weight excluding hydrogens is 452 g/mol. The fraction of sp³-hybridized carbons (Fsp3) is 0.409. The van der Waals surface area contributed by atoms with Gasteiger partial charge >= 0.3 is 5.97 Å². The Balaban J connectivity index is 0.000000347. The Morgan fingerprint density at radius 3 is 1.56 bits per heavy atom. The molecule has 0 heterocycles. The Labute approximate surface area is 191 Å². The number of carbonyl (C=O) groups is 1. The minimum absolute atomic E-state index is 0.102. The van der Waals surface area contributed by atoms with Gasteiger partial charge in [-0.25, -0.2) is 16.8 Å². The van der Waals surface area contributed by atoms with Crippen LogP contribution in [-0.4, -0.2) is 34.4 Å². The molecule has 10 heteroatoms. The van der Waals surface area contributed by atoms with E-state index in [-0.39, 0.29) is 15.8 Å². The lowest BCUT2D eigenvalue weighted by Gasteiger charge is -2.22. The van der Waals surface area contributed by atoms with Crippen molar-refractivity contribution in [3.8, 4) is 0 Å². The molecule has 0 aliphatic rings. The van der Waals surface area contributed by atoms with Gasteiger partial charge < -0.3 is 10.5 Å². The van der Waals surface area contributed by atoms with E-state index < -0.39 is 31.7 Å². The number of esters is 1. The molecule has 0 spiro atoms. The first-order valence-corrected chi connectivity index (χ1v) is 13.0. The van der Waals surface area contributed by atoms with Crippen molar-refractivity contribution < 1.29 is 26.4 Å². The zero-order valence-electron chi connectivity index (χ0n) is 19.0. The van der Waals surface area contributed by atoms with E-state index in [2.05, 4.69) is 0 Å². The molecule has 1 atom stereocenters. The number of hydrogen-bond donors (Lipinski definition) is 2. The molecule has 1 unspecified atom stereocenters. The number of sulfonamides is 2. The van der Waals surface area contributed by atoms with Crippen LogP contribution in [-0.2, 0) is 29.6 Å². The molecule has 0 bridgehead atoms. The quantitative estimate of drug-likeness (QED) is 0.577. The predicted molar refractivity (Wildman–Crippen MR) is 124 cm³/mol. The van der Waals surface area contributed by atoms with Gasteiger partial charge in [0.1, 0.15) is 11.6 Å². The van der Waals surface area contributed by atoms with Gasteiger partial charge in [0.05, 0.1) is 9.79 Å². The summed E-state index contributed by atoms with van der Waals surface area (Å²) in [5.74, 6) is 0.115. The van der Waals surface area contributed by atoms with Crippen LogP contribution in [0.3, 0.4) is 0 Å². The summed E-state index contributed by atoms with van der Waals surface area (Å²) < 4.78 is 54.6. The van der Waals surface area contributed by atoms with E-state index in [1.807, 2.05) is 34.6 Å². The van der Waals surface area contributed by atoms with E-state index in [9.17, 15) is 21.6 Å². The highest BCUT2D eigenvalue weighted by Gasteiger charge is 2.24. The minimum atomic E-state index is -4.10. The molecule has 0 aliphatic carbocycles. The molecule has 0 aliphatic heterocycles. The van der Waals surface area contributed by atoms with Crippen LogP contribution in [0.15, 0.2) is 70.5 Å². The Morgan fingerprint density at radius 2 is 1.25 bits per heavy atom. The van der Waals surface area contributed by atoms with Gasteiger partial charge in [-0.15, -0.1) is 4.13 Å². The molecule has 0 amide bonds. The maximum absolute atomic E-state index is 11.9. The van der Waals surface area contributed by atoms with E-state index in [0.717, 1.165) is 0 Å². The average molecular weight is 485 g/mol. The number of hydrogen-bond acceptors (Lipinski definition) is 7. The van der Waals surface area contributed by atoms with Crippen LogP contribution in [0.1, 0.15) is 41.0 Å². The van der Waals surface area contributed by atoms with Gasteiger partial charge in [0, 0.05) is 0 Å². The molecule has 2 aromatic rings. The third-order valence-electron chi connectivity index (χ3n) is 3.76. The summed E-state index contributed by atoms with van der Waals surface area (Å²) in [6.07, 6.45) is 0.676. The maximum atomic E-state index is 11.9. The SMILES string of the molecule is CC(C)CC(N)C(=O)OC(C)(C)C.O=S(=O)(NS(=O)(=O)c1ccccc1)c1ccccc1. The summed E-state index contributed by atoms with van der Waals surface area (Å²) >= 11 is 0. The molecule has 0 radical (unpaired) electrons. The number of nitrogens with two attached hydrogens (primary N) is 1. The number of nitrogens with one attached hydrogen (secondary N) is 1. The molecule has 0 saturated heterocycles. The lowest BCUT2D eigenvalue weighted by atomic mass is 10.0. The molecular formula is C22H32N2O6S2. The second kappa shape index (κ2) is 11.6. The monoisotopic (exact) mass is 484 g/mol. The van der Waals surface area contributed by atoms with E-state index in [1.165, 1.54) is 48.5 Å². The molecule has 32 heavy (non-hydrogen) atoms. The summed E-state index contributed by atoms with van der Waals surface area (Å²) in [6.45, 7) is 9.58. The second-order valence-electron chi connectivity index (χ2n) is 8.49. The fourth-order valence-electron chi connectivity index (χ4n) is 2.42. The van der Waals surface area contributed by atoms with Crippen molar-refractivity contribution in [2.24, 2.45) is 11.7 Å². The second-order valence-corrected chi connectivity index (χ2v) is 12.1. The van der Waals surface area contributed by atoms with E-state index in [0.29, 0.717) is 12.3 Å². The molecule has 3 N–H and O–H groups in total. The van der Waals surface area contributed by atoms with E-state index >= 15 is 0 Å². The number of rotatable bonds is 7. The van der Waals surface area contributed by atoms with Crippen molar-refractivity contribution >= 4 is 26.0 Å². The van der Waals surface area contributed by atoms with Gasteiger partial charge in [0.2, 0.25) is 0 Å². The maximum Gasteiger partial charge on any atom is 0.323 e. The van der Waals surface area contributed by atoms with E-state index in [4.69, 9.17) is 10.5 Å². The Hall–Kier alpha value is -2.27. The van der Waals surface area contributed by atoms with Crippen LogP contribution in [0.2, 0.25) is 0 Å². The van der Waals surface area contributed by atoms with Gasteiger partial charge in [0.25, 0.3) is 20.0 Å². The first-order chi connectivity index (χ1) is 14.6. The largest absolute Gasteiger partial charge is 0.459 e. The fourth-order valence-corrected chi connectivity index (χ4v) is 5.38. The molecule has 2 rings (SSSR count). The number of ether oxygens (including phenoxy) is 1. The van der Waals surface area contributed by atoms with Crippen LogP contribution >= 0.6 is 0 Å². The first kappa shape index (κ1) is 27.8. The summed E-state index contributed by atoms with van der Waals surface area (Å²) in [7, 11) is -8.21. The summed E-state index contributed by atoms with van der Waals surface area (Å²) in [4.78, 5) is 11.1. The average Bonchev–Trinajstić information content (AvgIpc) is 2.67. The summed E-state index contributed by atoms with van der Waals surface area (Å²) in [6, 6.07) is 14.2. The van der Waals surface area contributed by atoms with Gasteiger partial charge in [-0.05, 0) is 57.4 Å². The van der Waals surface area contributed by atoms with Gasteiger partial charge in [0.15, 0.2) is 0 Å². The van der Waals surface area contributed by atoms with Gasteiger partial charge in [-0.1, -0.05) is 50.2 Å². The number of carbonyl (C=O) groups excluding carboxylic acids is 1. The molecule has 0 fully saturated rings. The lowest BCUT2D eigenvalue weighted by Crippen LogP contribution is -2.38. The van der Waals surface area contributed by atoms with Crippen molar-refractivity contribution in [1.82, 2.24) is 4.13 Å². The van der Waals surface area contributed by atoms with Crippen LogP contribution < -0.4 is 9.86 Å². The Kier molecular flexibility index (Phi) is 10.0. The summed E-state index contributed by atoms with van der Waals surface area (Å²) in [5, 5.41) is 0. The van der Waals surface area contributed by atoms with Crippen LogP contribution in [0.5, 0.6) is 0 Å². The van der Waals surface area contributed by atoms with E-state index in [1.54, 1.807) is 16.3 Å². The highest BCUT2D eigenvalue weighted by molar-refractivity contribution is 8.04. The third-order valence-corrected chi connectivity index (χ3v) is 7.30. The standard InChI is InChI=1S/C12H11NO4S2.C10H21NO2/c14-18(15,11-7-3-1-4-8-11)13-19(16,17)12-9-5-2-6-10-12;1-7(2)6-8(11)9(12)13-10(3,4)5/h1-10,13H;7-8H,6,11H2,1-5H3. The topological polar surface area (TPSA) is 133 Å². The Morgan fingerprint density at radius 1 is 0.875 bits per heavy atom. The van der Waals surface area contributed by atoms with Crippen LogP contribution in [0, 0.1) is 5.92 Å². The number of benzene rings is 2. The first-order valence-electron chi connectivity index (χ1n) is 10.0. The van der Waals surface area contributed by atoms with Gasteiger partial charge in [-0.2, -0.15) is 0 Å². The summed E-state index contributed by atoms with van der Waals surface area (Å²) in [5.41, 5.74) is 5.21. The lowest BCUT2D eigenvalue weighted by molar-refractivity contribution is -0.156. The minimum Gasteiger partial charge on any atom is -0.459 e. The molecule has 2 aromatic carbocycles. The predicted octanol–water partition coefficient (Wildman–Crippen LogP) is 3.06. The van der Waals surface area contributed by atoms with Crippen molar-refractivity contribution in [2.45, 2.75) is 62.5 Å². The van der Waals surface area contributed by atoms with Crippen LogP contribution in [0.4, 0.5) is 0 Å². The molecule has 8 nitrogen and oxygen atoms in total. The zero-order valence-corrected chi connectivity index (χ0v) is 20.6. The Bertz CT molecular complexity index is 995. The molecule has 0 aromatic heterocycles. The smallest absolute Gasteiger partial charge is 0.323 e. The van der Waals surface area contributed by atoms with Crippen molar-refractivity contribution in [2.75, 3.05) is 0 Å². The van der Waals surface area contributed by atoms with Gasteiger partial charge in [-0.3, -0.25) is 4.79 Å². The van der Waals surface area contributed by atoms with Crippen molar-refractivity contribution in [3.63, 3.8) is 0 Å². The van der Waals surface area contributed by atoms with Crippen molar-refractivity contribution in [1.29, 1.82) is 0 Å².